The summed E-state index contributed by atoms with van der Waals surface area (Å²) in [7, 11) is 1.58. The van der Waals surface area contributed by atoms with Gasteiger partial charge in [0.2, 0.25) is 0 Å². The molecule has 6 rings (SSSR count). The number of hydrogen-bond donors (Lipinski definition) is 3. The second-order valence-corrected chi connectivity index (χ2v) is 11.3. The molecule has 3 N–H and O–H groups in total. The number of para-hydroxylation sites is 1. The van der Waals surface area contributed by atoms with Gasteiger partial charge in [0, 0.05) is 76.1 Å². The molecule has 3 heterocycles. The zero-order valence-electron chi connectivity index (χ0n) is 21.2. The second kappa shape index (κ2) is 10.4. The Morgan fingerprint density at radius 2 is 1.79 bits per heavy atom. The topological polar surface area (TPSA) is 70.0 Å². The summed E-state index contributed by atoms with van der Waals surface area (Å²) < 4.78 is 2.11. The Morgan fingerprint density at radius 1 is 1.03 bits per heavy atom. The highest BCUT2D eigenvalue weighted by molar-refractivity contribution is 14.2. The number of nitrogens with zero attached hydrogens (tertiary/aromatic N) is 1. The van der Waals surface area contributed by atoms with Gasteiger partial charge < -0.3 is 15.4 Å². The number of phenols is 1. The van der Waals surface area contributed by atoms with Gasteiger partial charge in [0.1, 0.15) is 5.75 Å². The average Bonchev–Trinajstić information content (AvgIpc) is 3.57. The number of benzene rings is 3. The van der Waals surface area contributed by atoms with Crippen molar-refractivity contribution < 1.29 is 9.90 Å². The number of fused-ring (bicyclic) bond motifs is 2. The maximum atomic E-state index is 13.0. The highest BCUT2D eigenvalue weighted by Gasteiger charge is 2.29. The van der Waals surface area contributed by atoms with Crippen LogP contribution < -0.4 is 5.32 Å². The van der Waals surface area contributed by atoms with Crippen LogP contribution >= 0.6 is 30.3 Å². The zero-order valence-corrected chi connectivity index (χ0v) is 24.2. The normalized spacial score (nSPS) is 14.2. The molecule has 39 heavy (non-hydrogen) atoms. The highest BCUT2D eigenvalue weighted by atomic mass is 127. The number of hydrogen-bond acceptors (Lipinski definition) is 3. The molecule has 1 amide bonds. The van der Waals surface area contributed by atoms with Crippen LogP contribution in [-0.2, 0) is 4.79 Å². The Hall–Kier alpha value is -3.87. The summed E-state index contributed by atoms with van der Waals surface area (Å²) in [4.78, 5) is 16.4. The van der Waals surface area contributed by atoms with Crippen molar-refractivity contribution in [3.63, 3.8) is 0 Å². The second-order valence-electron chi connectivity index (χ2n) is 9.58. The Morgan fingerprint density at radius 3 is 2.54 bits per heavy atom. The summed E-state index contributed by atoms with van der Waals surface area (Å²) in [6, 6.07) is 23.6. The zero-order chi connectivity index (χ0) is 27.1. The van der Waals surface area contributed by atoms with E-state index in [4.69, 9.17) is 0 Å². The molecule has 0 aliphatic carbocycles. The summed E-state index contributed by atoms with van der Waals surface area (Å²) in [5.41, 5.74) is 8.50. The number of H-pyrrole nitrogens is 1. The molecule has 0 saturated heterocycles. The van der Waals surface area contributed by atoms with Crippen molar-refractivity contribution in [3.05, 3.63) is 118 Å². The first-order valence-electron chi connectivity index (χ1n) is 12.4. The molecule has 192 valence electrons. The molecule has 7 heteroatoms. The van der Waals surface area contributed by atoms with Crippen molar-refractivity contribution in [2.75, 3.05) is 5.32 Å². The van der Waals surface area contributed by atoms with E-state index < -0.39 is 5.92 Å². The maximum Gasteiger partial charge on any atom is 0.256 e. The number of aromatic amines is 1. The Kier molecular flexibility index (Phi) is 6.75. The molecule has 0 radical (unpaired) electrons. The predicted octanol–water partition coefficient (Wildman–Crippen LogP) is 7.81. The molecule has 5 aromatic rings. The monoisotopic (exact) mass is 641 g/mol. The molecular formula is C32H24IN3O2S. The minimum atomic E-state index is -0.434. The van der Waals surface area contributed by atoms with E-state index in [1.807, 2.05) is 68.5 Å². The van der Waals surface area contributed by atoms with Crippen LogP contribution in [0.25, 0.3) is 22.6 Å². The number of aromatic hydroxyl groups is 1. The highest BCUT2D eigenvalue weighted by Crippen LogP contribution is 2.43. The van der Waals surface area contributed by atoms with Gasteiger partial charge in [0.25, 0.3) is 5.91 Å². The summed E-state index contributed by atoms with van der Waals surface area (Å²) >= 11 is 2.27. The van der Waals surface area contributed by atoms with Crippen molar-refractivity contribution >= 4 is 64.5 Å². The number of rotatable bonds is 4. The molecule has 1 aliphatic rings. The standard InChI is InChI=1S/C32H24IN3O2S/c1-19-14-20(2)34-28(19)16-26-24-15-25(31(37)17-29(24)35-32(26)38)22(13-12-21-8-4-3-5-9-21)27-18-36(39-33)30-11-7-6-10-23(27)30/h3-11,14-18,22,34,37H,1-2H3,(H,35,38)/b26-16-. The molecule has 3 aromatic carbocycles. The average molecular weight is 642 g/mol. The lowest BCUT2D eigenvalue weighted by Gasteiger charge is -2.15. The summed E-state index contributed by atoms with van der Waals surface area (Å²) in [5, 5.41) is 15.3. The van der Waals surface area contributed by atoms with E-state index in [0.29, 0.717) is 16.8 Å². The molecule has 1 aliphatic heterocycles. The van der Waals surface area contributed by atoms with Gasteiger partial charge in [-0.05, 0) is 61.4 Å². The van der Waals surface area contributed by atoms with E-state index in [1.165, 1.54) is 0 Å². The number of nitrogens with one attached hydrogen (secondary N) is 2. The van der Waals surface area contributed by atoms with Crippen molar-refractivity contribution in [1.29, 1.82) is 0 Å². The first kappa shape index (κ1) is 25.4. The lowest BCUT2D eigenvalue weighted by Crippen LogP contribution is -2.03. The van der Waals surface area contributed by atoms with Crippen LogP contribution in [0.2, 0.25) is 0 Å². The van der Waals surface area contributed by atoms with Gasteiger partial charge in [-0.3, -0.25) is 8.77 Å². The van der Waals surface area contributed by atoms with Gasteiger partial charge >= 0.3 is 0 Å². The van der Waals surface area contributed by atoms with Crippen molar-refractivity contribution in [2.24, 2.45) is 0 Å². The number of anilines is 1. The Labute approximate surface area is 243 Å². The number of carbonyl (C=O) groups is 1. The van der Waals surface area contributed by atoms with Gasteiger partial charge in [-0.15, -0.1) is 0 Å². The van der Waals surface area contributed by atoms with Crippen LogP contribution in [0, 0.1) is 25.7 Å². The molecule has 0 spiro atoms. The summed E-state index contributed by atoms with van der Waals surface area (Å²) in [5.74, 6) is 6.23. The van der Waals surface area contributed by atoms with Gasteiger partial charge in [-0.25, -0.2) is 0 Å². The van der Waals surface area contributed by atoms with Crippen LogP contribution in [0.4, 0.5) is 5.69 Å². The summed E-state index contributed by atoms with van der Waals surface area (Å²) in [6.07, 6.45) is 3.97. The molecule has 0 fully saturated rings. The minimum absolute atomic E-state index is 0.0912. The number of halogens is 1. The Bertz CT molecular complexity index is 1840. The lowest BCUT2D eigenvalue weighted by atomic mass is 9.88. The van der Waals surface area contributed by atoms with Crippen LogP contribution in [0.1, 0.15) is 45.1 Å². The van der Waals surface area contributed by atoms with E-state index in [-0.39, 0.29) is 11.7 Å². The van der Waals surface area contributed by atoms with Crippen molar-refractivity contribution in [3.8, 4) is 17.6 Å². The number of phenolic OH excluding ortho intramolecular Hbond substituents is 1. The quantitative estimate of drug-likeness (QED) is 0.107. The van der Waals surface area contributed by atoms with E-state index in [0.717, 1.165) is 44.5 Å². The van der Waals surface area contributed by atoms with E-state index in [1.54, 1.807) is 15.2 Å². The number of aryl methyl sites for hydroxylation is 2. The lowest BCUT2D eigenvalue weighted by molar-refractivity contribution is -0.110. The fourth-order valence-electron chi connectivity index (χ4n) is 5.12. The van der Waals surface area contributed by atoms with Crippen LogP contribution in [0.15, 0.2) is 79.0 Å². The van der Waals surface area contributed by atoms with Crippen molar-refractivity contribution in [2.45, 2.75) is 19.8 Å². The Balaban J connectivity index is 1.55. The number of carbonyl (C=O) groups excluding carboxylic acids is 1. The predicted molar refractivity (Wildman–Crippen MR) is 169 cm³/mol. The number of amides is 1. The fourth-order valence-corrected chi connectivity index (χ4v) is 6.49. The van der Waals surface area contributed by atoms with Gasteiger partial charge in [0.05, 0.1) is 22.7 Å². The third kappa shape index (κ3) is 4.75. The first-order chi connectivity index (χ1) is 18.9. The molecule has 1 atom stereocenters. The molecular weight excluding hydrogens is 617 g/mol. The smallest absolute Gasteiger partial charge is 0.256 e. The van der Waals surface area contributed by atoms with Gasteiger partial charge in [-0.2, -0.15) is 0 Å². The van der Waals surface area contributed by atoms with Crippen LogP contribution in [0.3, 0.4) is 0 Å². The summed E-state index contributed by atoms with van der Waals surface area (Å²) in [6.45, 7) is 4.01. The molecule has 1 unspecified atom stereocenters. The minimum Gasteiger partial charge on any atom is -0.508 e. The maximum absolute atomic E-state index is 13.0. The first-order valence-corrected chi connectivity index (χ1v) is 15.8. The largest absolute Gasteiger partial charge is 0.508 e. The molecule has 5 nitrogen and oxygen atoms in total. The number of aromatic nitrogens is 2. The molecule has 0 saturated carbocycles. The van der Waals surface area contributed by atoms with Gasteiger partial charge in [0.15, 0.2) is 0 Å². The van der Waals surface area contributed by atoms with Gasteiger partial charge in [-0.1, -0.05) is 48.2 Å². The van der Waals surface area contributed by atoms with E-state index >= 15 is 0 Å². The molecule has 2 aromatic heterocycles. The van der Waals surface area contributed by atoms with Crippen LogP contribution in [0.5, 0.6) is 5.75 Å². The third-order valence-electron chi connectivity index (χ3n) is 6.97. The van der Waals surface area contributed by atoms with Crippen molar-refractivity contribution in [1.82, 2.24) is 8.96 Å². The third-order valence-corrected chi connectivity index (χ3v) is 8.69. The van der Waals surface area contributed by atoms with Crippen LogP contribution in [-0.4, -0.2) is 20.0 Å². The van der Waals surface area contributed by atoms with E-state index in [2.05, 4.69) is 71.7 Å². The fraction of sp³-hybridized carbons (Fsp3) is 0.0938. The SMILES string of the molecule is Cc1cc(C)c(/C=C2\C(=O)Nc3cc(O)c(C(C#Cc4ccccc4)c4cn(SI)c5ccccc45)cc32)[nH]1. The molecule has 0 bridgehead atoms. The van der Waals surface area contributed by atoms with E-state index in [9.17, 15) is 9.90 Å².